The number of benzene rings is 1. The summed E-state index contributed by atoms with van der Waals surface area (Å²) < 4.78 is 21.0. The summed E-state index contributed by atoms with van der Waals surface area (Å²) in [5, 5.41) is 0. The van der Waals surface area contributed by atoms with E-state index in [1.807, 2.05) is 12.1 Å². The maximum absolute atomic E-state index is 5.64. The highest BCUT2D eigenvalue weighted by Crippen LogP contribution is 2.07. The van der Waals surface area contributed by atoms with Gasteiger partial charge in [-0.3, -0.25) is 0 Å². The summed E-state index contributed by atoms with van der Waals surface area (Å²) in [5.74, 6) is 0. The Morgan fingerprint density at radius 1 is 0.762 bits per heavy atom. The van der Waals surface area contributed by atoms with E-state index in [2.05, 4.69) is 12.1 Å². The fraction of sp³-hybridized carbons (Fsp3) is 0.625. The lowest BCUT2D eigenvalue weighted by molar-refractivity contribution is 0.00344. The smallest absolute Gasteiger partial charge is 0.0701 e. The molecule has 0 saturated carbocycles. The molecule has 0 amide bonds. The fourth-order valence-corrected chi connectivity index (χ4v) is 1.75. The third kappa shape index (κ3) is 10.3. The summed E-state index contributed by atoms with van der Waals surface area (Å²) in [6, 6.07) is 7.97. The van der Waals surface area contributed by atoms with Crippen molar-refractivity contribution in [1.82, 2.24) is 0 Å². The van der Waals surface area contributed by atoms with Crippen molar-refractivity contribution in [2.45, 2.75) is 12.8 Å². The minimum atomic E-state index is 0.596. The van der Waals surface area contributed by atoms with Crippen LogP contribution in [0.5, 0.6) is 0 Å². The third-order valence-electron chi connectivity index (χ3n) is 2.91. The average Bonchev–Trinajstić information content (AvgIpc) is 2.50. The van der Waals surface area contributed by atoms with Crippen LogP contribution in [0.1, 0.15) is 12.0 Å². The number of nitrogens with two attached hydrogens (primary N) is 1. The number of methoxy groups -OCH3 is 1. The number of rotatable bonds is 13. The molecule has 5 nitrogen and oxygen atoms in total. The summed E-state index contributed by atoms with van der Waals surface area (Å²) in [6.07, 6.45) is 2.01. The van der Waals surface area contributed by atoms with E-state index < -0.39 is 0 Å². The predicted molar refractivity (Wildman–Crippen MR) is 83.5 cm³/mol. The molecule has 120 valence electrons. The van der Waals surface area contributed by atoms with E-state index in [0.29, 0.717) is 39.6 Å². The highest BCUT2D eigenvalue weighted by atomic mass is 16.6. The number of hydrogen-bond donors (Lipinski definition) is 1. The van der Waals surface area contributed by atoms with Crippen molar-refractivity contribution in [1.29, 1.82) is 0 Å². The molecule has 0 spiro atoms. The number of nitrogen functional groups attached to an aromatic ring is 1. The molecule has 1 aromatic carbocycles. The lowest BCUT2D eigenvalue weighted by atomic mass is 10.1. The van der Waals surface area contributed by atoms with Gasteiger partial charge >= 0.3 is 0 Å². The maximum Gasteiger partial charge on any atom is 0.0701 e. The predicted octanol–water partition coefficient (Wildman–Crippen LogP) is 1.90. The summed E-state index contributed by atoms with van der Waals surface area (Å²) >= 11 is 0. The van der Waals surface area contributed by atoms with Gasteiger partial charge in [0, 0.05) is 19.4 Å². The van der Waals surface area contributed by atoms with E-state index in [4.69, 9.17) is 24.7 Å². The molecule has 0 fully saturated rings. The standard InChI is InChI=1S/C16H27NO4/c1-18-9-10-20-13-14-21-12-11-19-8-2-3-15-4-6-16(17)7-5-15/h4-7H,2-3,8-14,17H2,1H3. The molecule has 21 heavy (non-hydrogen) atoms. The Morgan fingerprint density at radius 3 is 1.86 bits per heavy atom. The van der Waals surface area contributed by atoms with E-state index in [0.717, 1.165) is 25.1 Å². The van der Waals surface area contributed by atoms with Gasteiger partial charge in [0.25, 0.3) is 0 Å². The molecule has 0 heterocycles. The van der Waals surface area contributed by atoms with E-state index in [1.54, 1.807) is 7.11 Å². The molecule has 5 heteroatoms. The molecule has 1 aromatic rings. The summed E-state index contributed by atoms with van der Waals surface area (Å²) in [6.45, 7) is 4.41. The van der Waals surface area contributed by atoms with Gasteiger partial charge in [0.05, 0.1) is 39.6 Å². The lowest BCUT2D eigenvalue weighted by Crippen LogP contribution is -2.11. The van der Waals surface area contributed by atoms with Gasteiger partial charge < -0.3 is 24.7 Å². The quantitative estimate of drug-likeness (QED) is 0.445. The Morgan fingerprint density at radius 2 is 1.29 bits per heavy atom. The molecule has 0 aliphatic heterocycles. The Bertz CT molecular complexity index is 343. The fourth-order valence-electron chi connectivity index (χ4n) is 1.75. The van der Waals surface area contributed by atoms with Crippen LogP contribution in [0.25, 0.3) is 0 Å². The Hall–Kier alpha value is -1.14. The first kappa shape index (κ1) is 17.9. The molecule has 0 atom stereocenters. The third-order valence-corrected chi connectivity index (χ3v) is 2.91. The zero-order chi connectivity index (χ0) is 15.2. The number of hydrogen-bond acceptors (Lipinski definition) is 5. The zero-order valence-electron chi connectivity index (χ0n) is 12.9. The van der Waals surface area contributed by atoms with Crippen LogP contribution in [0, 0.1) is 0 Å². The van der Waals surface area contributed by atoms with E-state index >= 15 is 0 Å². The number of aryl methyl sites for hydroxylation is 1. The Labute approximate surface area is 127 Å². The minimum Gasteiger partial charge on any atom is -0.399 e. The molecule has 2 N–H and O–H groups in total. The SMILES string of the molecule is COCCOCCOCCOCCCc1ccc(N)cc1. The lowest BCUT2D eigenvalue weighted by Gasteiger charge is -2.07. The molecule has 1 rings (SSSR count). The maximum atomic E-state index is 5.64. The van der Waals surface area contributed by atoms with Crippen molar-refractivity contribution in [3.8, 4) is 0 Å². The van der Waals surface area contributed by atoms with Crippen LogP contribution in [0.15, 0.2) is 24.3 Å². The van der Waals surface area contributed by atoms with Crippen LogP contribution >= 0.6 is 0 Å². The molecule has 0 bridgehead atoms. The second-order valence-corrected chi connectivity index (χ2v) is 4.68. The van der Waals surface area contributed by atoms with E-state index in [1.165, 1.54) is 5.56 Å². The molecule has 0 saturated heterocycles. The van der Waals surface area contributed by atoms with E-state index in [9.17, 15) is 0 Å². The Kier molecular flexibility index (Phi) is 10.7. The molecule has 0 radical (unpaired) electrons. The van der Waals surface area contributed by atoms with Crippen LogP contribution in [0.2, 0.25) is 0 Å². The van der Waals surface area contributed by atoms with Gasteiger partial charge in [-0.1, -0.05) is 12.1 Å². The van der Waals surface area contributed by atoms with Gasteiger partial charge in [0.15, 0.2) is 0 Å². The summed E-state index contributed by atoms with van der Waals surface area (Å²) in [5.41, 5.74) is 7.73. The van der Waals surface area contributed by atoms with Crippen molar-refractivity contribution < 1.29 is 18.9 Å². The molecule has 0 aliphatic rings. The van der Waals surface area contributed by atoms with Crippen molar-refractivity contribution in [2.24, 2.45) is 0 Å². The van der Waals surface area contributed by atoms with Crippen molar-refractivity contribution in [3.05, 3.63) is 29.8 Å². The molecule has 0 aromatic heterocycles. The molecule has 0 aliphatic carbocycles. The van der Waals surface area contributed by atoms with Gasteiger partial charge in [-0.2, -0.15) is 0 Å². The van der Waals surface area contributed by atoms with Gasteiger partial charge in [0.1, 0.15) is 0 Å². The van der Waals surface area contributed by atoms with Crippen LogP contribution < -0.4 is 5.73 Å². The first-order chi connectivity index (χ1) is 10.3. The van der Waals surface area contributed by atoms with Crippen LogP contribution in [0.3, 0.4) is 0 Å². The van der Waals surface area contributed by atoms with Gasteiger partial charge in [-0.25, -0.2) is 0 Å². The van der Waals surface area contributed by atoms with E-state index in [-0.39, 0.29) is 0 Å². The van der Waals surface area contributed by atoms with Crippen LogP contribution in [0.4, 0.5) is 5.69 Å². The highest BCUT2D eigenvalue weighted by Gasteiger charge is 1.95. The van der Waals surface area contributed by atoms with Crippen molar-refractivity contribution >= 4 is 5.69 Å². The topological polar surface area (TPSA) is 62.9 Å². The first-order valence-corrected chi connectivity index (χ1v) is 7.39. The van der Waals surface area contributed by atoms with Crippen molar-refractivity contribution in [3.63, 3.8) is 0 Å². The second-order valence-electron chi connectivity index (χ2n) is 4.68. The van der Waals surface area contributed by atoms with Crippen molar-refractivity contribution in [2.75, 3.05) is 59.1 Å². The zero-order valence-corrected chi connectivity index (χ0v) is 12.9. The molecular formula is C16H27NO4. The van der Waals surface area contributed by atoms with Crippen LogP contribution in [-0.4, -0.2) is 53.4 Å². The normalized spacial score (nSPS) is 10.9. The summed E-state index contributed by atoms with van der Waals surface area (Å²) in [7, 11) is 1.66. The first-order valence-electron chi connectivity index (χ1n) is 7.39. The van der Waals surface area contributed by atoms with Crippen LogP contribution in [-0.2, 0) is 25.4 Å². The average molecular weight is 297 g/mol. The molecule has 0 unspecified atom stereocenters. The number of anilines is 1. The van der Waals surface area contributed by atoms with Gasteiger partial charge in [-0.05, 0) is 30.5 Å². The monoisotopic (exact) mass is 297 g/mol. The van der Waals surface area contributed by atoms with Gasteiger partial charge in [0.2, 0.25) is 0 Å². The Balaban J connectivity index is 1.81. The second kappa shape index (κ2) is 12.6. The van der Waals surface area contributed by atoms with Gasteiger partial charge in [-0.15, -0.1) is 0 Å². The number of ether oxygens (including phenoxy) is 4. The highest BCUT2D eigenvalue weighted by molar-refractivity contribution is 5.39. The summed E-state index contributed by atoms with van der Waals surface area (Å²) in [4.78, 5) is 0. The minimum absolute atomic E-state index is 0.596. The molecular weight excluding hydrogens is 270 g/mol. The largest absolute Gasteiger partial charge is 0.399 e.